The van der Waals surface area contributed by atoms with Crippen LogP contribution in [0.4, 0.5) is 0 Å². The molecule has 3 nitrogen and oxygen atoms in total. The van der Waals surface area contributed by atoms with Crippen molar-refractivity contribution >= 4 is 15.8 Å². The van der Waals surface area contributed by atoms with Crippen LogP contribution in [0.5, 0.6) is 5.75 Å². The molecule has 0 bridgehead atoms. The first-order valence-corrected chi connectivity index (χ1v) is 5.91. The SMILES string of the molecule is CCOc1ccccc1C1=NC=CS1=O. The molecule has 2 rings (SSSR count). The third-order valence-corrected chi connectivity index (χ3v) is 3.06. The highest BCUT2D eigenvalue weighted by Crippen LogP contribution is 2.22. The lowest BCUT2D eigenvalue weighted by atomic mass is 10.2. The predicted molar refractivity (Wildman–Crippen MR) is 61.4 cm³/mol. The van der Waals surface area contributed by atoms with E-state index in [4.69, 9.17) is 4.74 Å². The van der Waals surface area contributed by atoms with Crippen molar-refractivity contribution in [3.63, 3.8) is 0 Å². The van der Waals surface area contributed by atoms with Crippen LogP contribution in [0, 0.1) is 0 Å². The molecule has 0 aliphatic carbocycles. The summed E-state index contributed by atoms with van der Waals surface area (Å²) in [6.45, 7) is 2.51. The summed E-state index contributed by atoms with van der Waals surface area (Å²) in [6.07, 6.45) is 1.56. The smallest absolute Gasteiger partial charge is 0.142 e. The molecule has 0 amide bonds. The van der Waals surface area contributed by atoms with E-state index in [-0.39, 0.29) is 0 Å². The van der Waals surface area contributed by atoms with Gasteiger partial charge in [-0.1, -0.05) is 12.1 Å². The average molecular weight is 221 g/mol. The minimum atomic E-state index is -1.14. The molecule has 0 aromatic heterocycles. The molecular weight excluding hydrogens is 210 g/mol. The maximum absolute atomic E-state index is 11.6. The number of para-hydroxylation sites is 1. The summed E-state index contributed by atoms with van der Waals surface area (Å²) in [5.41, 5.74) is 0.808. The fraction of sp³-hybridized carbons (Fsp3) is 0.182. The van der Waals surface area contributed by atoms with Crippen molar-refractivity contribution in [1.29, 1.82) is 0 Å². The third kappa shape index (κ3) is 1.99. The van der Waals surface area contributed by atoms with Crippen LogP contribution in [0.25, 0.3) is 0 Å². The monoisotopic (exact) mass is 221 g/mol. The molecule has 0 N–H and O–H groups in total. The van der Waals surface area contributed by atoms with E-state index >= 15 is 0 Å². The number of benzene rings is 1. The van der Waals surface area contributed by atoms with Gasteiger partial charge in [-0.05, 0) is 19.1 Å². The van der Waals surface area contributed by atoms with Gasteiger partial charge >= 0.3 is 0 Å². The van der Waals surface area contributed by atoms with E-state index in [1.54, 1.807) is 11.6 Å². The molecule has 1 aliphatic heterocycles. The number of rotatable bonds is 3. The van der Waals surface area contributed by atoms with Crippen LogP contribution < -0.4 is 4.74 Å². The van der Waals surface area contributed by atoms with Crippen LogP contribution in [0.15, 0.2) is 40.9 Å². The molecule has 1 aliphatic rings. The summed E-state index contributed by atoms with van der Waals surface area (Å²) in [4.78, 5) is 4.09. The molecule has 0 fully saturated rings. The molecule has 15 heavy (non-hydrogen) atoms. The summed E-state index contributed by atoms with van der Waals surface area (Å²) in [5.74, 6) is 0.732. The third-order valence-electron chi connectivity index (χ3n) is 1.98. The van der Waals surface area contributed by atoms with E-state index < -0.39 is 10.8 Å². The first-order chi connectivity index (χ1) is 7.33. The number of hydrogen-bond donors (Lipinski definition) is 0. The molecule has 4 heteroatoms. The zero-order valence-electron chi connectivity index (χ0n) is 8.34. The standard InChI is InChI=1S/C11H11NO2S/c1-2-14-10-6-4-3-5-9(10)11-12-7-8-15(11)13/h3-8H,2H2,1H3. The largest absolute Gasteiger partial charge is 0.493 e. The summed E-state index contributed by atoms with van der Waals surface area (Å²) in [6, 6.07) is 7.50. The van der Waals surface area contributed by atoms with E-state index in [0.29, 0.717) is 11.7 Å². The highest BCUT2D eigenvalue weighted by molar-refractivity contribution is 8.04. The van der Waals surface area contributed by atoms with E-state index in [1.165, 1.54) is 0 Å². The summed E-state index contributed by atoms with van der Waals surface area (Å²) >= 11 is 0. The van der Waals surface area contributed by atoms with Gasteiger partial charge < -0.3 is 4.74 Å². The van der Waals surface area contributed by atoms with Gasteiger partial charge in [0.25, 0.3) is 0 Å². The average Bonchev–Trinajstić information content (AvgIpc) is 2.66. The second-order valence-electron chi connectivity index (χ2n) is 2.95. The van der Waals surface area contributed by atoms with Crippen LogP contribution in [-0.4, -0.2) is 15.9 Å². The Hall–Kier alpha value is -1.42. The maximum Gasteiger partial charge on any atom is 0.142 e. The van der Waals surface area contributed by atoms with Gasteiger partial charge in [0.05, 0.1) is 23.0 Å². The highest BCUT2D eigenvalue weighted by Gasteiger charge is 2.17. The number of nitrogens with zero attached hydrogens (tertiary/aromatic N) is 1. The fourth-order valence-electron chi connectivity index (χ4n) is 1.37. The minimum absolute atomic E-state index is 0.569. The van der Waals surface area contributed by atoms with Gasteiger partial charge in [-0.25, -0.2) is 9.20 Å². The Balaban J connectivity index is 2.39. The highest BCUT2D eigenvalue weighted by atomic mass is 32.2. The van der Waals surface area contributed by atoms with E-state index in [0.717, 1.165) is 11.3 Å². The first kappa shape index (κ1) is 10.1. The quantitative estimate of drug-likeness (QED) is 0.783. The first-order valence-electron chi connectivity index (χ1n) is 4.70. The molecule has 78 valence electrons. The number of ether oxygens (including phenoxy) is 1. The van der Waals surface area contributed by atoms with Crippen molar-refractivity contribution < 1.29 is 8.95 Å². The Morgan fingerprint density at radius 3 is 2.87 bits per heavy atom. The van der Waals surface area contributed by atoms with E-state index in [1.807, 2.05) is 31.2 Å². The van der Waals surface area contributed by atoms with Crippen LogP contribution >= 0.6 is 0 Å². The normalized spacial score (nSPS) is 19.0. The van der Waals surface area contributed by atoms with Gasteiger partial charge in [-0.15, -0.1) is 0 Å². The zero-order chi connectivity index (χ0) is 10.7. The lowest BCUT2D eigenvalue weighted by Gasteiger charge is -2.08. The molecule has 1 unspecified atom stereocenters. The Morgan fingerprint density at radius 2 is 2.20 bits per heavy atom. The molecule has 1 aromatic rings. The number of aliphatic imine (C=N–C) groups is 1. The second kappa shape index (κ2) is 4.40. The van der Waals surface area contributed by atoms with Gasteiger partial charge in [0, 0.05) is 11.6 Å². The Bertz CT molecular complexity index is 452. The summed E-state index contributed by atoms with van der Waals surface area (Å²) in [5, 5.41) is 2.14. The van der Waals surface area contributed by atoms with Gasteiger partial charge in [-0.2, -0.15) is 0 Å². The maximum atomic E-state index is 11.6. The van der Waals surface area contributed by atoms with Crippen molar-refractivity contribution in [1.82, 2.24) is 0 Å². The molecule has 0 spiro atoms. The number of hydrogen-bond acceptors (Lipinski definition) is 3. The lowest BCUT2D eigenvalue weighted by Crippen LogP contribution is -2.06. The summed E-state index contributed by atoms with van der Waals surface area (Å²) < 4.78 is 17.0. The van der Waals surface area contributed by atoms with Gasteiger partial charge in [0.15, 0.2) is 0 Å². The molecule has 0 radical (unpaired) electrons. The molecule has 0 saturated heterocycles. The fourth-order valence-corrected chi connectivity index (χ4v) is 2.22. The van der Waals surface area contributed by atoms with Crippen LogP contribution in [0.2, 0.25) is 0 Å². The Morgan fingerprint density at radius 1 is 1.40 bits per heavy atom. The predicted octanol–water partition coefficient (Wildman–Crippen LogP) is 2.07. The second-order valence-corrected chi connectivity index (χ2v) is 4.20. The molecule has 1 atom stereocenters. The van der Waals surface area contributed by atoms with E-state index in [9.17, 15) is 4.21 Å². The van der Waals surface area contributed by atoms with Crippen molar-refractivity contribution in [3.05, 3.63) is 41.4 Å². The van der Waals surface area contributed by atoms with Gasteiger partial charge in [-0.3, -0.25) is 0 Å². The zero-order valence-corrected chi connectivity index (χ0v) is 9.16. The lowest BCUT2D eigenvalue weighted by molar-refractivity contribution is 0.339. The van der Waals surface area contributed by atoms with Crippen molar-refractivity contribution in [2.75, 3.05) is 6.61 Å². The summed E-state index contributed by atoms with van der Waals surface area (Å²) in [7, 11) is -1.14. The van der Waals surface area contributed by atoms with Crippen molar-refractivity contribution in [2.24, 2.45) is 4.99 Å². The Labute approximate surface area is 90.9 Å². The van der Waals surface area contributed by atoms with Crippen LogP contribution in [-0.2, 0) is 10.8 Å². The van der Waals surface area contributed by atoms with Crippen molar-refractivity contribution in [2.45, 2.75) is 6.92 Å². The van der Waals surface area contributed by atoms with E-state index in [2.05, 4.69) is 4.99 Å². The Kier molecular flexibility index (Phi) is 2.97. The molecule has 0 saturated carbocycles. The van der Waals surface area contributed by atoms with Gasteiger partial charge in [0.1, 0.15) is 10.8 Å². The van der Waals surface area contributed by atoms with Crippen LogP contribution in [0.1, 0.15) is 12.5 Å². The topological polar surface area (TPSA) is 38.7 Å². The minimum Gasteiger partial charge on any atom is -0.493 e. The van der Waals surface area contributed by atoms with Gasteiger partial charge in [0.2, 0.25) is 0 Å². The van der Waals surface area contributed by atoms with Crippen LogP contribution in [0.3, 0.4) is 0 Å². The molecule has 1 heterocycles. The molecule has 1 aromatic carbocycles. The van der Waals surface area contributed by atoms with Crippen molar-refractivity contribution in [3.8, 4) is 5.75 Å². The molecular formula is C11H11NO2S.